The second kappa shape index (κ2) is 14.8. The van der Waals surface area contributed by atoms with Crippen LogP contribution < -0.4 is 16.0 Å². The molecule has 12 heteroatoms. The SMILES string of the molecule is CC[C@H](C)[C@@H]1NC(=O)CN(C(=O)Cc2cccc(O)c2)CCNC(=O)[C@H](Cc2ccccc2)NC(=O)[C@@H]2C[C@@H](O)CN2C1=O. The van der Waals surface area contributed by atoms with Crippen LogP contribution in [0.4, 0.5) is 0 Å². The van der Waals surface area contributed by atoms with E-state index in [0.29, 0.717) is 12.0 Å². The summed E-state index contributed by atoms with van der Waals surface area (Å²) in [5.74, 6) is -2.86. The third kappa shape index (κ3) is 8.34. The maximum absolute atomic E-state index is 13.9. The smallest absolute Gasteiger partial charge is 0.246 e. The van der Waals surface area contributed by atoms with Gasteiger partial charge in [0, 0.05) is 32.5 Å². The first kappa shape index (κ1) is 32.5. The molecule has 2 fully saturated rings. The molecular formula is C32H41N5O7. The highest BCUT2D eigenvalue weighted by atomic mass is 16.3. The largest absolute Gasteiger partial charge is 0.508 e. The Morgan fingerprint density at radius 3 is 2.43 bits per heavy atom. The summed E-state index contributed by atoms with van der Waals surface area (Å²) in [6.07, 6.45) is -0.327. The van der Waals surface area contributed by atoms with Crippen molar-refractivity contribution in [2.75, 3.05) is 26.2 Å². The number of fused-ring (bicyclic) bond motifs is 1. The van der Waals surface area contributed by atoms with Gasteiger partial charge >= 0.3 is 0 Å². The van der Waals surface area contributed by atoms with Crippen LogP contribution in [0.2, 0.25) is 0 Å². The van der Waals surface area contributed by atoms with Crippen LogP contribution in [0.5, 0.6) is 5.75 Å². The van der Waals surface area contributed by atoms with Crippen LogP contribution >= 0.6 is 0 Å². The molecule has 2 saturated heterocycles. The normalized spacial score (nSPS) is 24.3. The first-order valence-electron chi connectivity index (χ1n) is 15.0. The lowest BCUT2D eigenvalue weighted by atomic mass is 9.97. The maximum Gasteiger partial charge on any atom is 0.246 e. The fraction of sp³-hybridized carbons (Fsp3) is 0.469. The quantitative estimate of drug-likeness (QED) is 0.311. The van der Waals surface area contributed by atoms with Crippen LogP contribution in [0.1, 0.15) is 37.8 Å². The number of nitrogens with zero attached hydrogens (tertiary/aromatic N) is 2. The molecule has 2 aromatic carbocycles. The number of amides is 5. The molecule has 0 bridgehead atoms. The summed E-state index contributed by atoms with van der Waals surface area (Å²) in [6.45, 7) is 3.21. The molecule has 5 N–H and O–H groups in total. The zero-order valence-corrected chi connectivity index (χ0v) is 25.1. The molecule has 236 valence electrons. The van der Waals surface area contributed by atoms with Crippen LogP contribution in [-0.4, -0.2) is 100.0 Å². The standard InChI is InChI=1S/C32H41N5O7/c1-3-20(2)29-32(44)37-18-24(39)17-26(37)31(43)34-25(15-21-8-5-4-6-9-21)30(42)33-12-13-36(19-27(40)35-29)28(41)16-22-10-7-11-23(38)14-22/h4-11,14,20,24-26,29,38-39H,3,12-13,15-19H2,1-2H3,(H,33,42)(H,34,43)(H,35,40)/t20-,24+,25-,26-,29-/m0/s1. The van der Waals surface area contributed by atoms with Gasteiger partial charge in [0.05, 0.1) is 19.1 Å². The number of aromatic hydroxyl groups is 1. The summed E-state index contributed by atoms with van der Waals surface area (Å²) in [4.78, 5) is 70.1. The van der Waals surface area contributed by atoms with Crippen molar-refractivity contribution < 1.29 is 34.2 Å². The van der Waals surface area contributed by atoms with Gasteiger partial charge in [0.2, 0.25) is 29.5 Å². The van der Waals surface area contributed by atoms with Gasteiger partial charge in [-0.1, -0.05) is 62.7 Å². The maximum atomic E-state index is 13.9. The molecule has 44 heavy (non-hydrogen) atoms. The van der Waals surface area contributed by atoms with Crippen LogP contribution in [0.3, 0.4) is 0 Å². The number of phenols is 1. The van der Waals surface area contributed by atoms with Gasteiger partial charge in [0.15, 0.2) is 0 Å². The van der Waals surface area contributed by atoms with Crippen molar-refractivity contribution in [2.24, 2.45) is 5.92 Å². The highest BCUT2D eigenvalue weighted by molar-refractivity contribution is 5.95. The molecule has 0 unspecified atom stereocenters. The van der Waals surface area contributed by atoms with Crippen molar-refractivity contribution >= 4 is 29.5 Å². The number of aliphatic hydroxyl groups is 1. The molecule has 2 aliphatic rings. The molecule has 0 saturated carbocycles. The number of carbonyl (C=O) groups is 5. The average molecular weight is 608 g/mol. The summed E-state index contributed by atoms with van der Waals surface area (Å²) in [5.41, 5.74) is 1.35. The number of carbonyl (C=O) groups excluding carboxylic acids is 5. The summed E-state index contributed by atoms with van der Waals surface area (Å²) < 4.78 is 0. The summed E-state index contributed by atoms with van der Waals surface area (Å²) >= 11 is 0. The molecule has 0 aromatic heterocycles. The zero-order valence-electron chi connectivity index (χ0n) is 25.1. The zero-order chi connectivity index (χ0) is 31.8. The van der Waals surface area contributed by atoms with Crippen LogP contribution in [0.25, 0.3) is 0 Å². The number of hydrogen-bond acceptors (Lipinski definition) is 7. The predicted molar refractivity (Wildman–Crippen MR) is 161 cm³/mol. The molecule has 2 heterocycles. The van der Waals surface area contributed by atoms with E-state index in [4.69, 9.17) is 0 Å². The Morgan fingerprint density at radius 1 is 1.00 bits per heavy atom. The number of phenolic OH excluding ortho intramolecular Hbond substituents is 1. The minimum Gasteiger partial charge on any atom is -0.508 e. The Morgan fingerprint density at radius 2 is 1.73 bits per heavy atom. The lowest BCUT2D eigenvalue weighted by Crippen LogP contribution is -2.58. The number of rotatable bonds is 6. The molecule has 12 nitrogen and oxygen atoms in total. The Kier molecular flexibility index (Phi) is 10.9. The molecule has 4 rings (SSSR count). The van der Waals surface area contributed by atoms with Gasteiger partial charge in [-0.25, -0.2) is 0 Å². The van der Waals surface area contributed by atoms with Crippen molar-refractivity contribution in [1.29, 1.82) is 0 Å². The fourth-order valence-electron chi connectivity index (χ4n) is 5.57. The highest BCUT2D eigenvalue weighted by Gasteiger charge is 2.43. The number of nitrogens with one attached hydrogen (secondary N) is 3. The van der Waals surface area contributed by atoms with E-state index >= 15 is 0 Å². The number of benzene rings is 2. The van der Waals surface area contributed by atoms with Crippen molar-refractivity contribution in [3.8, 4) is 5.75 Å². The monoisotopic (exact) mass is 607 g/mol. The van der Waals surface area contributed by atoms with Crippen molar-refractivity contribution in [3.05, 3.63) is 65.7 Å². The Hall–Kier alpha value is -4.45. The molecule has 0 spiro atoms. The van der Waals surface area contributed by atoms with E-state index in [2.05, 4.69) is 16.0 Å². The Labute approximate surface area is 256 Å². The van der Waals surface area contributed by atoms with E-state index in [0.717, 1.165) is 5.56 Å². The van der Waals surface area contributed by atoms with E-state index in [1.165, 1.54) is 21.9 Å². The molecule has 5 atom stereocenters. The van der Waals surface area contributed by atoms with Gasteiger partial charge in [-0.2, -0.15) is 0 Å². The fourth-order valence-corrected chi connectivity index (χ4v) is 5.57. The molecule has 0 radical (unpaired) electrons. The van der Waals surface area contributed by atoms with Crippen LogP contribution in [0, 0.1) is 5.92 Å². The van der Waals surface area contributed by atoms with Gasteiger partial charge < -0.3 is 36.0 Å². The molecule has 2 aromatic rings. The molecular weight excluding hydrogens is 566 g/mol. The third-order valence-corrected chi connectivity index (χ3v) is 8.21. The lowest BCUT2D eigenvalue weighted by Gasteiger charge is -2.32. The first-order valence-corrected chi connectivity index (χ1v) is 15.0. The van der Waals surface area contributed by atoms with Crippen LogP contribution in [0.15, 0.2) is 54.6 Å². The van der Waals surface area contributed by atoms with Crippen molar-refractivity contribution in [3.63, 3.8) is 0 Å². The van der Waals surface area contributed by atoms with E-state index < -0.39 is 53.8 Å². The molecule has 5 amide bonds. The highest BCUT2D eigenvalue weighted by Crippen LogP contribution is 2.23. The minimum absolute atomic E-state index is 0.00103. The van der Waals surface area contributed by atoms with Gasteiger partial charge in [-0.3, -0.25) is 24.0 Å². The third-order valence-electron chi connectivity index (χ3n) is 8.21. The van der Waals surface area contributed by atoms with Gasteiger partial charge in [0.1, 0.15) is 23.9 Å². The minimum atomic E-state index is -1.03. The predicted octanol–water partition coefficient (Wildman–Crippen LogP) is 0.113. The number of aliphatic hydroxyl groups excluding tert-OH is 1. The van der Waals surface area contributed by atoms with Gasteiger partial charge in [-0.15, -0.1) is 0 Å². The average Bonchev–Trinajstić information content (AvgIpc) is 3.40. The second-order valence-corrected chi connectivity index (χ2v) is 11.5. The Bertz CT molecular complexity index is 1350. The topological polar surface area (TPSA) is 168 Å². The van der Waals surface area contributed by atoms with Crippen molar-refractivity contribution in [2.45, 2.75) is 63.8 Å². The summed E-state index contributed by atoms with van der Waals surface area (Å²) in [6, 6.07) is 12.4. The van der Waals surface area contributed by atoms with Gasteiger partial charge in [0.25, 0.3) is 0 Å². The first-order chi connectivity index (χ1) is 21.0. The van der Waals surface area contributed by atoms with Crippen molar-refractivity contribution in [1.82, 2.24) is 25.8 Å². The van der Waals surface area contributed by atoms with E-state index in [-0.39, 0.29) is 57.1 Å². The summed E-state index contributed by atoms with van der Waals surface area (Å²) in [5, 5.41) is 28.7. The van der Waals surface area contributed by atoms with Crippen LogP contribution in [-0.2, 0) is 36.8 Å². The second-order valence-electron chi connectivity index (χ2n) is 11.5. The summed E-state index contributed by atoms with van der Waals surface area (Å²) in [7, 11) is 0. The Balaban J connectivity index is 1.65. The molecule has 0 aliphatic carbocycles. The van der Waals surface area contributed by atoms with E-state index in [9.17, 15) is 34.2 Å². The van der Waals surface area contributed by atoms with E-state index in [1.807, 2.05) is 44.2 Å². The number of hydrogen-bond donors (Lipinski definition) is 5. The van der Waals surface area contributed by atoms with E-state index in [1.54, 1.807) is 12.1 Å². The van der Waals surface area contributed by atoms with Gasteiger partial charge in [-0.05, 0) is 29.2 Å². The molecule has 2 aliphatic heterocycles. The lowest BCUT2D eigenvalue weighted by molar-refractivity contribution is -0.143.